The van der Waals surface area contributed by atoms with Gasteiger partial charge in [-0.3, -0.25) is 0 Å². The molecule has 3 rings (SSSR count). The van der Waals surface area contributed by atoms with Crippen LogP contribution in [0.2, 0.25) is 0 Å². The van der Waals surface area contributed by atoms with Crippen LogP contribution in [-0.2, 0) is 0 Å². The molecule has 2 aromatic rings. The molecular weight excluding hydrogens is 238 g/mol. The molecule has 1 aliphatic heterocycles. The van der Waals surface area contributed by atoms with E-state index in [4.69, 9.17) is 4.74 Å². The minimum Gasteiger partial charge on any atom is -0.476 e. The molecule has 1 atom stereocenters. The summed E-state index contributed by atoms with van der Waals surface area (Å²) in [5, 5.41) is 13.6. The van der Waals surface area contributed by atoms with Crippen molar-refractivity contribution in [1.82, 2.24) is 15.5 Å². The fourth-order valence-corrected chi connectivity index (χ4v) is 2.60. The van der Waals surface area contributed by atoms with E-state index in [1.807, 2.05) is 24.3 Å². The Bertz CT molecular complexity index is 532. The van der Waals surface area contributed by atoms with E-state index in [2.05, 4.69) is 15.5 Å². The molecule has 4 nitrogen and oxygen atoms in total. The molecule has 1 fully saturated rings. The second-order valence-corrected chi connectivity index (χ2v) is 5.09. The average molecular weight is 257 g/mol. The number of fused-ring (bicyclic) bond motifs is 1. The Morgan fingerprint density at radius 2 is 2.26 bits per heavy atom. The lowest BCUT2D eigenvalue weighted by atomic mass is 9.97. The molecule has 1 saturated heterocycles. The highest BCUT2D eigenvalue weighted by Crippen LogP contribution is 2.22. The van der Waals surface area contributed by atoms with Crippen molar-refractivity contribution in [3.63, 3.8) is 0 Å². The molecule has 1 aromatic heterocycles. The quantitative estimate of drug-likeness (QED) is 0.913. The first-order valence-corrected chi connectivity index (χ1v) is 6.97. The van der Waals surface area contributed by atoms with Crippen molar-refractivity contribution >= 4 is 10.8 Å². The van der Waals surface area contributed by atoms with Gasteiger partial charge >= 0.3 is 0 Å². The molecule has 0 radical (unpaired) electrons. The number of nitrogens with zero attached hydrogens (tertiary/aromatic N) is 2. The predicted octanol–water partition coefficient (Wildman–Crippen LogP) is 2.40. The lowest BCUT2D eigenvalue weighted by molar-refractivity contribution is 0.248. The third kappa shape index (κ3) is 3.01. The minimum absolute atomic E-state index is 0.655. The summed E-state index contributed by atoms with van der Waals surface area (Å²) in [6.45, 7) is 2.99. The second kappa shape index (κ2) is 5.97. The van der Waals surface area contributed by atoms with Crippen LogP contribution in [0.25, 0.3) is 10.8 Å². The van der Waals surface area contributed by atoms with E-state index in [0.717, 1.165) is 42.8 Å². The van der Waals surface area contributed by atoms with Crippen LogP contribution in [0, 0.1) is 5.92 Å². The molecular formula is C15H19N3O. The summed E-state index contributed by atoms with van der Waals surface area (Å²) in [5.74, 6) is 1.39. The van der Waals surface area contributed by atoms with E-state index < -0.39 is 0 Å². The molecule has 0 spiro atoms. The number of rotatable bonds is 4. The standard InChI is InChI=1S/C15H19N3O/c1-2-6-14-13(5-1)11-17-18-15(14)19-9-7-12-4-3-8-16-10-12/h1-2,5-6,11-12,16H,3-4,7-10H2. The summed E-state index contributed by atoms with van der Waals surface area (Å²) in [6.07, 6.45) is 5.43. The fourth-order valence-electron chi connectivity index (χ4n) is 2.60. The molecule has 0 aliphatic carbocycles. The summed E-state index contributed by atoms with van der Waals surface area (Å²) < 4.78 is 5.82. The fraction of sp³-hybridized carbons (Fsp3) is 0.467. The summed E-state index contributed by atoms with van der Waals surface area (Å²) in [6, 6.07) is 8.06. The summed E-state index contributed by atoms with van der Waals surface area (Å²) >= 11 is 0. The zero-order valence-electron chi connectivity index (χ0n) is 11.0. The molecule has 1 unspecified atom stereocenters. The predicted molar refractivity (Wildman–Crippen MR) is 75.2 cm³/mol. The molecule has 0 bridgehead atoms. The minimum atomic E-state index is 0.655. The molecule has 19 heavy (non-hydrogen) atoms. The lowest BCUT2D eigenvalue weighted by Gasteiger charge is -2.22. The van der Waals surface area contributed by atoms with Gasteiger partial charge in [-0.05, 0) is 44.3 Å². The Labute approximate surface area is 113 Å². The number of hydrogen-bond acceptors (Lipinski definition) is 4. The van der Waals surface area contributed by atoms with E-state index in [-0.39, 0.29) is 0 Å². The van der Waals surface area contributed by atoms with Crippen molar-refractivity contribution in [3.05, 3.63) is 30.5 Å². The Balaban J connectivity index is 1.62. The molecule has 100 valence electrons. The van der Waals surface area contributed by atoms with Gasteiger partial charge in [0.15, 0.2) is 0 Å². The van der Waals surface area contributed by atoms with Gasteiger partial charge in [-0.1, -0.05) is 18.2 Å². The van der Waals surface area contributed by atoms with Crippen molar-refractivity contribution in [1.29, 1.82) is 0 Å². The zero-order chi connectivity index (χ0) is 12.9. The molecule has 1 aromatic carbocycles. The monoisotopic (exact) mass is 257 g/mol. The van der Waals surface area contributed by atoms with E-state index in [1.54, 1.807) is 6.20 Å². The summed E-state index contributed by atoms with van der Waals surface area (Å²) in [5.41, 5.74) is 0. The van der Waals surface area contributed by atoms with Crippen LogP contribution in [0.5, 0.6) is 5.88 Å². The normalized spacial score (nSPS) is 19.5. The number of ether oxygens (including phenoxy) is 1. The van der Waals surface area contributed by atoms with Crippen LogP contribution >= 0.6 is 0 Å². The largest absolute Gasteiger partial charge is 0.476 e. The first kappa shape index (κ1) is 12.4. The van der Waals surface area contributed by atoms with Crippen molar-refractivity contribution in [3.8, 4) is 5.88 Å². The van der Waals surface area contributed by atoms with Gasteiger partial charge in [0.1, 0.15) is 0 Å². The van der Waals surface area contributed by atoms with Crippen molar-refractivity contribution in [2.75, 3.05) is 19.7 Å². The third-order valence-corrected chi connectivity index (χ3v) is 3.70. The molecule has 4 heteroatoms. The molecule has 1 N–H and O–H groups in total. The number of nitrogens with one attached hydrogen (secondary N) is 1. The Kier molecular flexibility index (Phi) is 3.89. The van der Waals surface area contributed by atoms with Crippen LogP contribution < -0.4 is 10.1 Å². The first-order chi connectivity index (χ1) is 9.43. The second-order valence-electron chi connectivity index (χ2n) is 5.09. The number of hydrogen-bond donors (Lipinski definition) is 1. The average Bonchev–Trinajstić information content (AvgIpc) is 2.49. The van der Waals surface area contributed by atoms with Crippen LogP contribution in [0.15, 0.2) is 30.5 Å². The van der Waals surface area contributed by atoms with E-state index in [1.165, 1.54) is 12.8 Å². The smallest absolute Gasteiger partial charge is 0.241 e. The third-order valence-electron chi connectivity index (χ3n) is 3.70. The van der Waals surface area contributed by atoms with Crippen molar-refractivity contribution in [2.45, 2.75) is 19.3 Å². The van der Waals surface area contributed by atoms with Gasteiger partial charge in [0.05, 0.1) is 12.8 Å². The van der Waals surface area contributed by atoms with E-state index >= 15 is 0 Å². The molecule has 1 aliphatic rings. The Morgan fingerprint density at radius 1 is 1.32 bits per heavy atom. The lowest BCUT2D eigenvalue weighted by Crippen LogP contribution is -2.30. The van der Waals surface area contributed by atoms with Crippen molar-refractivity contribution < 1.29 is 4.74 Å². The van der Waals surface area contributed by atoms with E-state index in [0.29, 0.717) is 5.88 Å². The van der Waals surface area contributed by atoms with Gasteiger partial charge in [-0.25, -0.2) is 0 Å². The van der Waals surface area contributed by atoms with E-state index in [9.17, 15) is 0 Å². The summed E-state index contributed by atoms with van der Waals surface area (Å²) in [7, 11) is 0. The zero-order valence-corrected chi connectivity index (χ0v) is 11.0. The first-order valence-electron chi connectivity index (χ1n) is 6.97. The van der Waals surface area contributed by atoms with Crippen LogP contribution in [0.3, 0.4) is 0 Å². The van der Waals surface area contributed by atoms with Crippen LogP contribution in [0.4, 0.5) is 0 Å². The molecule has 2 heterocycles. The van der Waals surface area contributed by atoms with Crippen molar-refractivity contribution in [2.24, 2.45) is 5.92 Å². The van der Waals surface area contributed by atoms with Gasteiger partial charge in [-0.2, -0.15) is 5.10 Å². The number of benzene rings is 1. The molecule has 0 amide bonds. The van der Waals surface area contributed by atoms with Gasteiger partial charge in [-0.15, -0.1) is 5.10 Å². The highest BCUT2D eigenvalue weighted by atomic mass is 16.5. The SMILES string of the molecule is c1ccc2c(OCCC3CCCNC3)nncc2c1. The Hall–Kier alpha value is -1.68. The highest BCUT2D eigenvalue weighted by molar-refractivity contribution is 5.85. The maximum absolute atomic E-state index is 5.82. The van der Waals surface area contributed by atoms with Crippen LogP contribution in [-0.4, -0.2) is 29.9 Å². The summed E-state index contributed by atoms with van der Waals surface area (Å²) in [4.78, 5) is 0. The molecule has 0 saturated carbocycles. The topological polar surface area (TPSA) is 47.0 Å². The maximum Gasteiger partial charge on any atom is 0.241 e. The Morgan fingerprint density at radius 3 is 3.16 bits per heavy atom. The van der Waals surface area contributed by atoms with Crippen LogP contribution in [0.1, 0.15) is 19.3 Å². The maximum atomic E-state index is 5.82. The number of aromatic nitrogens is 2. The van der Waals surface area contributed by atoms with Gasteiger partial charge < -0.3 is 10.1 Å². The van der Waals surface area contributed by atoms with Gasteiger partial charge in [0.25, 0.3) is 0 Å². The van der Waals surface area contributed by atoms with Gasteiger partial charge in [0, 0.05) is 10.8 Å². The van der Waals surface area contributed by atoms with Gasteiger partial charge in [0.2, 0.25) is 5.88 Å². The number of piperidine rings is 1. The highest BCUT2D eigenvalue weighted by Gasteiger charge is 2.13.